The molecule has 6 heteroatoms. The van der Waals surface area contributed by atoms with E-state index in [2.05, 4.69) is 15.7 Å². The molecule has 0 saturated carbocycles. The smallest absolute Gasteiger partial charge is 0.238 e. The van der Waals surface area contributed by atoms with Gasteiger partial charge in [0.15, 0.2) is 0 Å². The van der Waals surface area contributed by atoms with E-state index in [9.17, 15) is 4.79 Å². The maximum Gasteiger partial charge on any atom is 0.238 e. The van der Waals surface area contributed by atoms with Gasteiger partial charge in [-0.3, -0.25) is 4.79 Å². The number of benzene rings is 1. The number of carbonyl (C=O) groups excluding carboxylic acids is 1. The zero-order valence-corrected chi connectivity index (χ0v) is 13.2. The summed E-state index contributed by atoms with van der Waals surface area (Å²) in [5, 5.41) is 10.4. The van der Waals surface area contributed by atoms with Gasteiger partial charge in [-0.25, -0.2) is 4.68 Å². The van der Waals surface area contributed by atoms with Crippen LogP contribution in [0.5, 0.6) is 0 Å². The van der Waals surface area contributed by atoms with Crippen molar-refractivity contribution in [3.63, 3.8) is 0 Å². The molecule has 1 heterocycles. The predicted molar refractivity (Wildman–Crippen MR) is 86.4 cm³/mol. The summed E-state index contributed by atoms with van der Waals surface area (Å²) in [7, 11) is 1.63. The van der Waals surface area contributed by atoms with Crippen molar-refractivity contribution in [3.8, 4) is 5.69 Å². The highest BCUT2D eigenvalue weighted by Crippen LogP contribution is 2.22. The molecule has 1 aromatic heterocycles. The Balaban J connectivity index is 2.06. The molecule has 6 nitrogen and oxygen atoms in total. The summed E-state index contributed by atoms with van der Waals surface area (Å²) in [6.07, 6.45) is 0. The van der Waals surface area contributed by atoms with Gasteiger partial charge in [-0.05, 0) is 26.0 Å². The van der Waals surface area contributed by atoms with Crippen LogP contribution in [0.2, 0.25) is 0 Å². The number of hydrogen-bond acceptors (Lipinski definition) is 4. The van der Waals surface area contributed by atoms with Crippen LogP contribution in [0.3, 0.4) is 0 Å². The molecule has 1 amide bonds. The predicted octanol–water partition coefficient (Wildman–Crippen LogP) is 1.66. The minimum absolute atomic E-state index is 0.0880. The van der Waals surface area contributed by atoms with Crippen molar-refractivity contribution in [2.75, 3.05) is 32.1 Å². The summed E-state index contributed by atoms with van der Waals surface area (Å²) in [5.74, 6) is -0.0880. The van der Waals surface area contributed by atoms with Gasteiger partial charge in [0, 0.05) is 13.7 Å². The minimum atomic E-state index is -0.0880. The minimum Gasteiger partial charge on any atom is -0.383 e. The number of anilines is 1. The first-order valence-electron chi connectivity index (χ1n) is 7.24. The summed E-state index contributed by atoms with van der Waals surface area (Å²) in [6, 6.07) is 9.85. The molecule has 2 rings (SSSR count). The highest BCUT2D eigenvalue weighted by Gasteiger charge is 2.14. The van der Waals surface area contributed by atoms with Crippen LogP contribution < -0.4 is 10.6 Å². The van der Waals surface area contributed by atoms with E-state index in [-0.39, 0.29) is 12.5 Å². The van der Waals surface area contributed by atoms with Crippen LogP contribution in [-0.2, 0) is 9.53 Å². The molecule has 0 aliphatic rings. The Labute approximate surface area is 130 Å². The maximum atomic E-state index is 12.0. The van der Waals surface area contributed by atoms with Crippen LogP contribution >= 0.6 is 0 Å². The van der Waals surface area contributed by atoms with Crippen LogP contribution in [0, 0.1) is 13.8 Å². The normalized spacial score (nSPS) is 10.7. The third-order valence-electron chi connectivity index (χ3n) is 3.33. The quantitative estimate of drug-likeness (QED) is 0.763. The first kappa shape index (κ1) is 16.2. The summed E-state index contributed by atoms with van der Waals surface area (Å²) >= 11 is 0. The number of nitrogens with zero attached hydrogens (tertiary/aromatic N) is 2. The summed E-state index contributed by atoms with van der Waals surface area (Å²) in [4.78, 5) is 12.0. The van der Waals surface area contributed by atoms with Crippen molar-refractivity contribution in [1.82, 2.24) is 15.1 Å². The number of aromatic nitrogens is 2. The molecule has 0 fully saturated rings. The monoisotopic (exact) mass is 302 g/mol. The molecule has 2 aromatic rings. The molecule has 0 aliphatic heterocycles. The zero-order valence-electron chi connectivity index (χ0n) is 13.2. The highest BCUT2D eigenvalue weighted by molar-refractivity contribution is 5.93. The van der Waals surface area contributed by atoms with E-state index >= 15 is 0 Å². The van der Waals surface area contributed by atoms with Crippen molar-refractivity contribution in [2.45, 2.75) is 13.8 Å². The molecule has 0 spiro atoms. The number of rotatable bonds is 7. The number of aryl methyl sites for hydroxylation is 1. The first-order valence-corrected chi connectivity index (χ1v) is 7.24. The largest absolute Gasteiger partial charge is 0.383 e. The second-order valence-corrected chi connectivity index (χ2v) is 5.01. The van der Waals surface area contributed by atoms with Crippen molar-refractivity contribution < 1.29 is 9.53 Å². The summed E-state index contributed by atoms with van der Waals surface area (Å²) in [5.41, 5.74) is 3.45. The van der Waals surface area contributed by atoms with E-state index in [0.29, 0.717) is 13.2 Å². The molecule has 22 heavy (non-hydrogen) atoms. The maximum absolute atomic E-state index is 12.0. The second kappa shape index (κ2) is 7.72. The fourth-order valence-electron chi connectivity index (χ4n) is 2.20. The Hall–Kier alpha value is -2.18. The number of methoxy groups -OCH3 is 1. The Morgan fingerprint density at radius 2 is 2.00 bits per heavy atom. The number of nitrogens with one attached hydrogen (secondary N) is 2. The topological polar surface area (TPSA) is 68.2 Å². The molecule has 1 aromatic carbocycles. The number of carbonyl (C=O) groups is 1. The highest BCUT2D eigenvalue weighted by atomic mass is 16.5. The third-order valence-corrected chi connectivity index (χ3v) is 3.33. The van der Waals surface area contributed by atoms with E-state index in [1.165, 1.54) is 0 Å². The average molecular weight is 302 g/mol. The first-order chi connectivity index (χ1) is 10.6. The molecule has 0 radical (unpaired) electrons. The van der Waals surface area contributed by atoms with Gasteiger partial charge in [0.1, 0.15) is 0 Å². The molecule has 0 bridgehead atoms. The standard InChI is InChI=1S/C16H22N4O2/c1-12-16(18-15(21)11-17-9-10-22-3)13(2)20(19-12)14-7-5-4-6-8-14/h4-8,17H,9-11H2,1-3H3,(H,18,21). The lowest BCUT2D eigenvalue weighted by Gasteiger charge is -2.08. The summed E-state index contributed by atoms with van der Waals surface area (Å²) in [6.45, 7) is 5.31. The lowest BCUT2D eigenvalue weighted by atomic mass is 10.3. The molecular weight excluding hydrogens is 280 g/mol. The van der Waals surface area contributed by atoms with E-state index in [4.69, 9.17) is 4.74 Å². The Bertz CT molecular complexity index is 623. The van der Waals surface area contributed by atoms with Gasteiger partial charge >= 0.3 is 0 Å². The van der Waals surface area contributed by atoms with E-state index in [0.717, 1.165) is 22.8 Å². The fourth-order valence-corrected chi connectivity index (χ4v) is 2.20. The Morgan fingerprint density at radius 3 is 2.68 bits per heavy atom. The third kappa shape index (κ3) is 3.93. The molecule has 118 valence electrons. The van der Waals surface area contributed by atoms with Crippen molar-refractivity contribution in [3.05, 3.63) is 41.7 Å². The number of para-hydroxylation sites is 1. The lowest BCUT2D eigenvalue weighted by molar-refractivity contribution is -0.115. The van der Waals surface area contributed by atoms with Gasteiger partial charge in [0.2, 0.25) is 5.91 Å². The van der Waals surface area contributed by atoms with Crippen LogP contribution in [0.1, 0.15) is 11.4 Å². The molecule has 0 atom stereocenters. The van der Waals surface area contributed by atoms with Gasteiger partial charge < -0.3 is 15.4 Å². The van der Waals surface area contributed by atoms with Crippen molar-refractivity contribution >= 4 is 11.6 Å². The Kier molecular flexibility index (Phi) is 5.68. The van der Waals surface area contributed by atoms with Crippen LogP contribution in [-0.4, -0.2) is 42.5 Å². The average Bonchev–Trinajstić information content (AvgIpc) is 2.80. The second-order valence-electron chi connectivity index (χ2n) is 5.01. The van der Waals surface area contributed by atoms with E-state index in [1.54, 1.807) is 7.11 Å². The molecular formula is C16H22N4O2. The SMILES string of the molecule is COCCNCC(=O)Nc1c(C)nn(-c2ccccc2)c1C. The van der Waals surface area contributed by atoms with Gasteiger partial charge in [-0.15, -0.1) is 0 Å². The molecule has 0 unspecified atom stereocenters. The van der Waals surface area contributed by atoms with Gasteiger partial charge in [0.25, 0.3) is 0 Å². The lowest BCUT2D eigenvalue weighted by Crippen LogP contribution is -2.30. The van der Waals surface area contributed by atoms with Gasteiger partial charge in [-0.2, -0.15) is 5.10 Å². The molecule has 2 N–H and O–H groups in total. The van der Waals surface area contributed by atoms with Crippen molar-refractivity contribution in [2.24, 2.45) is 0 Å². The van der Waals surface area contributed by atoms with Crippen LogP contribution in [0.15, 0.2) is 30.3 Å². The van der Waals surface area contributed by atoms with Crippen LogP contribution in [0.25, 0.3) is 5.69 Å². The molecule has 0 aliphatic carbocycles. The van der Waals surface area contributed by atoms with Crippen molar-refractivity contribution in [1.29, 1.82) is 0 Å². The number of amides is 1. The van der Waals surface area contributed by atoms with Gasteiger partial charge in [-0.1, -0.05) is 18.2 Å². The molecule has 0 saturated heterocycles. The van der Waals surface area contributed by atoms with E-state index in [1.807, 2.05) is 48.9 Å². The zero-order chi connectivity index (χ0) is 15.9. The van der Waals surface area contributed by atoms with E-state index < -0.39 is 0 Å². The Morgan fingerprint density at radius 1 is 1.27 bits per heavy atom. The van der Waals surface area contributed by atoms with Crippen LogP contribution in [0.4, 0.5) is 5.69 Å². The van der Waals surface area contributed by atoms with Gasteiger partial charge in [0.05, 0.1) is 35.9 Å². The summed E-state index contributed by atoms with van der Waals surface area (Å²) < 4.78 is 6.76. The number of ether oxygens (including phenoxy) is 1. The fraction of sp³-hybridized carbons (Fsp3) is 0.375. The number of hydrogen-bond donors (Lipinski definition) is 2.